The molecule has 0 spiro atoms. The van der Waals surface area contributed by atoms with Crippen molar-refractivity contribution in [3.05, 3.63) is 108 Å². The van der Waals surface area contributed by atoms with Crippen molar-refractivity contribution in [3.63, 3.8) is 0 Å². The highest BCUT2D eigenvalue weighted by molar-refractivity contribution is 5.80. The van der Waals surface area contributed by atoms with Gasteiger partial charge in [-0.3, -0.25) is 38.7 Å². The van der Waals surface area contributed by atoms with Crippen LogP contribution in [0.1, 0.15) is 99.8 Å². The van der Waals surface area contributed by atoms with Crippen molar-refractivity contribution in [3.8, 4) is 0 Å². The topological polar surface area (TPSA) is 152 Å². The van der Waals surface area contributed by atoms with Crippen molar-refractivity contribution in [2.45, 2.75) is 143 Å². The van der Waals surface area contributed by atoms with Gasteiger partial charge in [0, 0.05) is 26.2 Å². The van der Waals surface area contributed by atoms with E-state index in [0.717, 1.165) is 16.7 Å². The van der Waals surface area contributed by atoms with Crippen LogP contribution in [0.4, 0.5) is 0 Å². The predicted octanol–water partition coefficient (Wildman–Crippen LogP) is 7.18. The molecule has 0 aliphatic carbocycles. The lowest BCUT2D eigenvalue weighted by molar-refractivity contribution is -0.166. The van der Waals surface area contributed by atoms with Crippen molar-refractivity contribution in [2.24, 2.45) is 0 Å². The van der Waals surface area contributed by atoms with Gasteiger partial charge in [0.2, 0.25) is 0 Å². The second-order valence-electron chi connectivity index (χ2n) is 20.2. The van der Waals surface area contributed by atoms with Crippen molar-refractivity contribution in [1.82, 2.24) is 14.7 Å². The number of carbonyl (C=O) groups excluding carboxylic acids is 4. The maximum Gasteiger partial charge on any atom is 0.324 e. The van der Waals surface area contributed by atoms with E-state index in [1.807, 2.05) is 91.0 Å². The van der Waals surface area contributed by atoms with E-state index < -0.39 is 70.4 Å². The Balaban J connectivity index is 2.17. The minimum absolute atomic E-state index is 0.0418. The highest BCUT2D eigenvalue weighted by Crippen LogP contribution is 2.21. The summed E-state index contributed by atoms with van der Waals surface area (Å²) in [5.41, 5.74) is -0.877. The first-order valence-electron chi connectivity index (χ1n) is 22.1. The molecule has 0 fully saturated rings. The Kier molecular flexibility index (Phi) is 19.7. The number of nitrogens with zero attached hydrogens (tertiary/aromatic N) is 3. The Bertz CT molecular complexity index is 1820. The highest BCUT2D eigenvalue weighted by Gasteiger charge is 2.37. The quantitative estimate of drug-likeness (QED) is 0.0802. The van der Waals surface area contributed by atoms with Crippen molar-refractivity contribution < 1.29 is 48.0 Å². The summed E-state index contributed by atoms with van der Waals surface area (Å²) in [4.78, 5) is 74.2. The van der Waals surface area contributed by atoms with Crippen LogP contribution in [-0.2, 0) is 62.2 Å². The van der Waals surface area contributed by atoms with E-state index in [1.54, 1.807) is 97.8 Å². The molecule has 0 amide bonds. The van der Waals surface area contributed by atoms with Gasteiger partial charge < -0.3 is 24.1 Å². The first-order chi connectivity index (χ1) is 29.7. The molecule has 0 heterocycles. The largest absolute Gasteiger partial charge is 0.480 e. The number of carbonyl (C=O) groups is 5. The normalized spacial score (nSPS) is 13.9. The fraction of sp³-hybridized carbons (Fsp3) is 0.549. The second-order valence-corrected chi connectivity index (χ2v) is 20.2. The molecule has 3 aromatic carbocycles. The van der Waals surface area contributed by atoms with Gasteiger partial charge in [-0.2, -0.15) is 0 Å². The van der Waals surface area contributed by atoms with E-state index in [1.165, 1.54) is 0 Å². The summed E-state index contributed by atoms with van der Waals surface area (Å²) in [6, 6.07) is 25.0. The van der Waals surface area contributed by atoms with Crippen LogP contribution < -0.4 is 0 Å². The van der Waals surface area contributed by atoms with E-state index in [4.69, 9.17) is 18.9 Å². The number of rotatable bonds is 22. The predicted molar refractivity (Wildman–Crippen MR) is 248 cm³/mol. The molecule has 0 aliphatic rings. The standard InChI is InChI=1S/C51H73N3O10/c1-48(2,3)61-43(55)35-53(41(46(59)63-50(7,8)9)33-38-24-18-14-19-25-38)30-28-52(40(45(57)58)32-37-22-16-13-17-23-37)29-31-54(36-44(56)62-49(4,5)6)42(47(60)64-51(10,11)12)34-39-26-20-15-21-27-39/h13-27,40-42H,28-36H2,1-12H3,(H,57,58)/t40?,41-,42+. The average Bonchev–Trinajstić information content (AvgIpc) is 3.15. The van der Waals surface area contributed by atoms with Crippen LogP contribution in [0.15, 0.2) is 91.0 Å². The zero-order chi connectivity index (χ0) is 47.9. The van der Waals surface area contributed by atoms with E-state index in [2.05, 4.69) is 0 Å². The molecular formula is C51H73N3O10. The fourth-order valence-corrected chi connectivity index (χ4v) is 7.05. The first kappa shape index (κ1) is 53.2. The van der Waals surface area contributed by atoms with Gasteiger partial charge in [0.1, 0.15) is 40.5 Å². The van der Waals surface area contributed by atoms with Gasteiger partial charge in [-0.25, -0.2) is 0 Å². The second kappa shape index (κ2) is 23.7. The molecule has 13 heteroatoms. The molecular weight excluding hydrogens is 815 g/mol. The maximum atomic E-state index is 14.2. The number of benzene rings is 3. The van der Waals surface area contributed by atoms with Gasteiger partial charge in [0.05, 0.1) is 13.1 Å². The Morgan fingerprint density at radius 2 is 0.688 bits per heavy atom. The summed E-state index contributed by atoms with van der Waals surface area (Å²) >= 11 is 0. The first-order valence-corrected chi connectivity index (χ1v) is 22.1. The molecule has 13 nitrogen and oxygen atoms in total. The molecule has 0 saturated heterocycles. The number of esters is 4. The minimum Gasteiger partial charge on any atom is -0.480 e. The zero-order valence-electron chi connectivity index (χ0n) is 40.2. The van der Waals surface area contributed by atoms with Gasteiger partial charge in [0.15, 0.2) is 0 Å². The Morgan fingerprint density at radius 1 is 0.422 bits per heavy atom. The third-order valence-electron chi connectivity index (χ3n) is 9.63. The number of carboxylic acid groups (broad SMARTS) is 1. The van der Waals surface area contributed by atoms with Crippen LogP contribution in [-0.4, -0.2) is 129 Å². The number of hydrogen-bond acceptors (Lipinski definition) is 12. The van der Waals surface area contributed by atoms with E-state index in [0.29, 0.717) is 0 Å². The molecule has 1 N–H and O–H groups in total. The summed E-state index contributed by atoms with van der Waals surface area (Å²) in [5, 5.41) is 11.0. The van der Waals surface area contributed by atoms with Crippen LogP contribution >= 0.6 is 0 Å². The molecule has 0 aliphatic heterocycles. The molecule has 0 bridgehead atoms. The third-order valence-corrected chi connectivity index (χ3v) is 9.63. The Morgan fingerprint density at radius 3 is 0.953 bits per heavy atom. The van der Waals surface area contributed by atoms with Crippen molar-refractivity contribution >= 4 is 29.8 Å². The SMILES string of the molecule is CC(C)(C)OC(=O)CN(CCN(CCN(CC(=O)OC(C)(C)C)[C@@H](Cc1ccccc1)C(=O)OC(C)(C)C)C(Cc1ccccc1)C(=O)O)[C@H](Cc1ccccc1)C(=O)OC(C)(C)C. The molecule has 0 radical (unpaired) electrons. The van der Waals surface area contributed by atoms with E-state index in [9.17, 15) is 29.1 Å². The van der Waals surface area contributed by atoms with Crippen molar-refractivity contribution in [2.75, 3.05) is 39.3 Å². The minimum atomic E-state index is -1.10. The number of hydrogen-bond donors (Lipinski definition) is 1. The average molecular weight is 888 g/mol. The number of carboxylic acids is 1. The molecule has 3 rings (SSSR count). The lowest BCUT2D eigenvalue weighted by atomic mass is 10.0. The summed E-state index contributed by atoms with van der Waals surface area (Å²) in [6.07, 6.45) is 0.518. The highest BCUT2D eigenvalue weighted by atomic mass is 16.6. The molecule has 0 saturated carbocycles. The molecule has 3 aromatic rings. The van der Waals surface area contributed by atoms with Crippen molar-refractivity contribution in [1.29, 1.82) is 0 Å². The smallest absolute Gasteiger partial charge is 0.324 e. The maximum absolute atomic E-state index is 14.2. The van der Waals surface area contributed by atoms with Crippen LogP contribution in [0.3, 0.4) is 0 Å². The van der Waals surface area contributed by atoms with Crippen LogP contribution in [0.2, 0.25) is 0 Å². The van der Waals surface area contributed by atoms with E-state index >= 15 is 0 Å². The third kappa shape index (κ3) is 20.6. The molecule has 352 valence electrons. The van der Waals surface area contributed by atoms with Gasteiger partial charge in [0.25, 0.3) is 0 Å². The molecule has 64 heavy (non-hydrogen) atoms. The summed E-state index contributed by atoms with van der Waals surface area (Å²) < 4.78 is 23.4. The van der Waals surface area contributed by atoms with Gasteiger partial charge >= 0.3 is 29.8 Å². The summed E-state index contributed by atoms with van der Waals surface area (Å²) in [7, 11) is 0. The Labute approximate surface area is 381 Å². The van der Waals surface area contributed by atoms with Crippen LogP contribution in [0.25, 0.3) is 0 Å². The van der Waals surface area contributed by atoms with Gasteiger partial charge in [-0.15, -0.1) is 0 Å². The zero-order valence-corrected chi connectivity index (χ0v) is 40.2. The lowest BCUT2D eigenvalue weighted by Gasteiger charge is -2.37. The fourth-order valence-electron chi connectivity index (χ4n) is 7.05. The monoisotopic (exact) mass is 888 g/mol. The number of aliphatic carboxylic acids is 1. The number of ether oxygens (including phenoxy) is 4. The summed E-state index contributed by atoms with van der Waals surface area (Å²) in [6.45, 7) is 20.8. The van der Waals surface area contributed by atoms with E-state index in [-0.39, 0.29) is 58.5 Å². The molecule has 1 unspecified atom stereocenters. The van der Waals surface area contributed by atoms with Crippen LogP contribution in [0.5, 0.6) is 0 Å². The Hall–Kier alpha value is -5.11. The lowest BCUT2D eigenvalue weighted by Crippen LogP contribution is -2.55. The van der Waals surface area contributed by atoms with Gasteiger partial charge in [-0.05, 0) is 119 Å². The molecule has 0 aromatic heterocycles. The van der Waals surface area contributed by atoms with Crippen LogP contribution in [0, 0.1) is 0 Å². The van der Waals surface area contributed by atoms with Gasteiger partial charge in [-0.1, -0.05) is 91.0 Å². The summed E-state index contributed by atoms with van der Waals surface area (Å²) in [5.74, 6) is -3.32. The molecule has 3 atom stereocenters.